The Labute approximate surface area is 156 Å². The topological polar surface area (TPSA) is 77.9 Å². The third-order valence-corrected chi connectivity index (χ3v) is 6.00. The van der Waals surface area contributed by atoms with Gasteiger partial charge in [-0.05, 0) is 30.5 Å². The van der Waals surface area contributed by atoms with Crippen LogP contribution < -0.4 is 4.90 Å². The van der Waals surface area contributed by atoms with Crippen molar-refractivity contribution in [3.8, 4) is 0 Å². The molecule has 0 saturated carbocycles. The van der Waals surface area contributed by atoms with Crippen LogP contribution in [0.4, 0.5) is 5.69 Å². The SMILES string of the molecule is O=C(O)C1c2ccccc2N2C(=O)c3ccccc3C12C(=O)N1CCCC1. The normalized spacial score (nSPS) is 25.3. The number of hydrogen-bond donors (Lipinski definition) is 1. The molecule has 2 aromatic carbocycles. The molecule has 2 atom stereocenters. The molecule has 0 aliphatic carbocycles. The Balaban J connectivity index is 1.85. The smallest absolute Gasteiger partial charge is 0.314 e. The molecule has 0 spiro atoms. The van der Waals surface area contributed by atoms with Gasteiger partial charge >= 0.3 is 5.97 Å². The van der Waals surface area contributed by atoms with Crippen LogP contribution in [0.15, 0.2) is 48.5 Å². The van der Waals surface area contributed by atoms with E-state index in [1.54, 1.807) is 53.4 Å². The number of para-hydroxylation sites is 1. The van der Waals surface area contributed by atoms with E-state index in [2.05, 4.69) is 0 Å². The summed E-state index contributed by atoms with van der Waals surface area (Å²) in [6.45, 7) is 1.18. The van der Waals surface area contributed by atoms with Gasteiger partial charge in [-0.1, -0.05) is 36.4 Å². The number of aliphatic carboxylic acids is 1. The van der Waals surface area contributed by atoms with Crippen molar-refractivity contribution in [2.75, 3.05) is 18.0 Å². The van der Waals surface area contributed by atoms with Crippen molar-refractivity contribution in [3.05, 3.63) is 65.2 Å². The number of nitrogens with zero attached hydrogens (tertiary/aromatic N) is 2. The van der Waals surface area contributed by atoms with Crippen LogP contribution >= 0.6 is 0 Å². The summed E-state index contributed by atoms with van der Waals surface area (Å²) in [6, 6.07) is 13.9. The highest BCUT2D eigenvalue weighted by atomic mass is 16.4. The maximum Gasteiger partial charge on any atom is 0.314 e. The Hall–Kier alpha value is -3.15. The summed E-state index contributed by atoms with van der Waals surface area (Å²) in [5.74, 6) is -2.83. The van der Waals surface area contributed by atoms with E-state index in [1.807, 2.05) is 0 Å². The second-order valence-electron chi connectivity index (χ2n) is 7.28. The number of amides is 2. The third-order valence-electron chi connectivity index (χ3n) is 6.00. The largest absolute Gasteiger partial charge is 0.481 e. The van der Waals surface area contributed by atoms with E-state index in [0.29, 0.717) is 35.5 Å². The molecular formula is C21H18N2O4. The van der Waals surface area contributed by atoms with Crippen LogP contribution in [0.2, 0.25) is 0 Å². The first-order valence-electron chi connectivity index (χ1n) is 9.13. The van der Waals surface area contributed by atoms with Crippen molar-refractivity contribution < 1.29 is 19.5 Å². The van der Waals surface area contributed by atoms with Gasteiger partial charge in [0.05, 0.1) is 0 Å². The van der Waals surface area contributed by atoms with E-state index >= 15 is 0 Å². The fraction of sp³-hybridized carbons (Fsp3) is 0.286. The van der Waals surface area contributed by atoms with Crippen LogP contribution in [0, 0.1) is 0 Å². The average molecular weight is 362 g/mol. The Morgan fingerprint density at radius 2 is 1.67 bits per heavy atom. The number of carbonyl (C=O) groups is 3. The van der Waals surface area contributed by atoms with E-state index in [9.17, 15) is 19.5 Å². The lowest BCUT2D eigenvalue weighted by atomic mass is 9.76. The minimum absolute atomic E-state index is 0.290. The van der Waals surface area contributed by atoms with Gasteiger partial charge < -0.3 is 10.0 Å². The summed E-state index contributed by atoms with van der Waals surface area (Å²) >= 11 is 0. The van der Waals surface area contributed by atoms with Gasteiger partial charge in [-0.2, -0.15) is 0 Å². The van der Waals surface area contributed by atoms with E-state index in [0.717, 1.165) is 12.8 Å². The first-order valence-corrected chi connectivity index (χ1v) is 9.13. The van der Waals surface area contributed by atoms with Crippen molar-refractivity contribution in [1.29, 1.82) is 0 Å². The summed E-state index contributed by atoms with van der Waals surface area (Å²) < 4.78 is 0. The molecule has 1 fully saturated rings. The minimum Gasteiger partial charge on any atom is -0.481 e. The van der Waals surface area contributed by atoms with Crippen molar-refractivity contribution in [1.82, 2.24) is 4.90 Å². The number of carboxylic acid groups (broad SMARTS) is 1. The van der Waals surface area contributed by atoms with Crippen LogP contribution in [0.25, 0.3) is 0 Å². The highest BCUT2D eigenvalue weighted by molar-refractivity contribution is 6.22. The summed E-state index contributed by atoms with van der Waals surface area (Å²) in [5, 5.41) is 10.2. The molecule has 0 bridgehead atoms. The number of benzene rings is 2. The molecule has 0 aromatic heterocycles. The molecule has 3 aliphatic heterocycles. The maximum atomic E-state index is 13.8. The van der Waals surface area contributed by atoms with Gasteiger partial charge in [-0.3, -0.25) is 19.3 Å². The Morgan fingerprint density at radius 1 is 1.00 bits per heavy atom. The van der Waals surface area contributed by atoms with E-state index in [4.69, 9.17) is 0 Å². The van der Waals surface area contributed by atoms with Crippen LogP contribution in [0.1, 0.15) is 40.2 Å². The van der Waals surface area contributed by atoms with Crippen molar-refractivity contribution >= 4 is 23.5 Å². The van der Waals surface area contributed by atoms with Gasteiger partial charge in [0.1, 0.15) is 5.92 Å². The predicted octanol–water partition coefficient (Wildman–Crippen LogP) is 2.35. The predicted molar refractivity (Wildman–Crippen MR) is 97.6 cm³/mol. The second kappa shape index (κ2) is 5.42. The first-order chi connectivity index (χ1) is 13.1. The van der Waals surface area contributed by atoms with Gasteiger partial charge in [-0.15, -0.1) is 0 Å². The van der Waals surface area contributed by atoms with Gasteiger partial charge in [0.25, 0.3) is 11.8 Å². The van der Waals surface area contributed by atoms with Crippen LogP contribution in [-0.2, 0) is 15.1 Å². The summed E-state index contributed by atoms with van der Waals surface area (Å²) in [5.41, 5.74) is 0.383. The Bertz CT molecular complexity index is 991. The monoisotopic (exact) mass is 362 g/mol. The molecule has 5 rings (SSSR count). The summed E-state index contributed by atoms with van der Waals surface area (Å²) in [7, 11) is 0. The first kappa shape index (κ1) is 16.1. The average Bonchev–Trinajstić information content (AvgIpc) is 3.36. The fourth-order valence-corrected chi connectivity index (χ4v) is 4.95. The zero-order chi connectivity index (χ0) is 18.8. The lowest BCUT2D eigenvalue weighted by molar-refractivity contribution is -0.147. The van der Waals surface area contributed by atoms with Gasteiger partial charge in [0.15, 0.2) is 5.54 Å². The van der Waals surface area contributed by atoms with Gasteiger partial charge in [-0.25, -0.2) is 0 Å². The molecule has 2 unspecified atom stereocenters. The number of hydrogen-bond acceptors (Lipinski definition) is 3. The van der Waals surface area contributed by atoms with E-state index < -0.39 is 17.4 Å². The van der Waals surface area contributed by atoms with Gasteiger partial charge in [0.2, 0.25) is 0 Å². The number of fused-ring (bicyclic) bond motifs is 5. The number of rotatable bonds is 2. The second-order valence-corrected chi connectivity index (χ2v) is 7.28. The summed E-state index contributed by atoms with van der Waals surface area (Å²) in [4.78, 5) is 42.7. The Morgan fingerprint density at radius 3 is 2.41 bits per heavy atom. The quantitative estimate of drug-likeness (QED) is 0.890. The van der Waals surface area contributed by atoms with E-state index in [-0.39, 0.29) is 11.8 Å². The molecule has 0 radical (unpaired) electrons. The molecule has 2 amide bonds. The van der Waals surface area contributed by atoms with Crippen LogP contribution in [0.3, 0.4) is 0 Å². The zero-order valence-electron chi connectivity index (χ0n) is 14.6. The molecule has 136 valence electrons. The number of carbonyl (C=O) groups excluding carboxylic acids is 2. The van der Waals surface area contributed by atoms with Gasteiger partial charge in [0, 0.05) is 29.9 Å². The maximum absolute atomic E-state index is 13.8. The third kappa shape index (κ3) is 1.82. The number of carboxylic acids is 1. The van der Waals surface area contributed by atoms with Crippen LogP contribution in [0.5, 0.6) is 0 Å². The highest BCUT2D eigenvalue weighted by Gasteiger charge is 2.68. The Kier molecular flexibility index (Phi) is 3.22. The molecule has 1 saturated heterocycles. The molecule has 6 heteroatoms. The molecule has 6 nitrogen and oxygen atoms in total. The lowest BCUT2D eigenvalue weighted by Crippen LogP contribution is -2.57. The summed E-state index contributed by atoms with van der Waals surface area (Å²) in [6.07, 6.45) is 1.78. The molecule has 2 aromatic rings. The van der Waals surface area contributed by atoms with Crippen molar-refractivity contribution in [2.24, 2.45) is 0 Å². The van der Waals surface area contributed by atoms with Crippen molar-refractivity contribution in [2.45, 2.75) is 24.3 Å². The molecular weight excluding hydrogens is 344 g/mol. The molecule has 3 heterocycles. The minimum atomic E-state index is -1.55. The highest BCUT2D eigenvalue weighted by Crippen LogP contribution is 2.58. The standard InChI is InChI=1S/C21H18N2O4/c24-18-13-7-1-3-9-15(13)21(20(27)22-11-5-6-12-22)17(19(25)26)14-8-2-4-10-16(14)23(18)21/h1-4,7-10,17H,5-6,11-12H2,(H,25,26). The number of likely N-dealkylation sites (tertiary alicyclic amines) is 1. The molecule has 1 N–H and O–H groups in total. The lowest BCUT2D eigenvalue weighted by Gasteiger charge is -2.37. The van der Waals surface area contributed by atoms with Crippen molar-refractivity contribution in [3.63, 3.8) is 0 Å². The van der Waals surface area contributed by atoms with Crippen LogP contribution in [-0.4, -0.2) is 40.9 Å². The molecule has 27 heavy (non-hydrogen) atoms. The fourth-order valence-electron chi connectivity index (χ4n) is 4.95. The number of anilines is 1. The van der Waals surface area contributed by atoms with E-state index in [1.165, 1.54) is 4.90 Å². The zero-order valence-corrected chi connectivity index (χ0v) is 14.6. The molecule has 3 aliphatic rings.